The molecule has 1 heterocycles. The fourth-order valence-electron chi connectivity index (χ4n) is 3.06. The quantitative estimate of drug-likeness (QED) is 0.761. The summed E-state index contributed by atoms with van der Waals surface area (Å²) in [5.74, 6) is -0.623. The van der Waals surface area contributed by atoms with Crippen molar-refractivity contribution in [2.45, 2.75) is 17.7 Å². The Bertz CT molecular complexity index is 928. The molecule has 27 heavy (non-hydrogen) atoms. The van der Waals surface area contributed by atoms with E-state index in [9.17, 15) is 17.6 Å². The van der Waals surface area contributed by atoms with Crippen molar-refractivity contribution in [1.82, 2.24) is 9.21 Å². The van der Waals surface area contributed by atoms with E-state index in [1.54, 1.807) is 11.0 Å². The topological polar surface area (TPSA) is 57.7 Å². The van der Waals surface area contributed by atoms with Crippen molar-refractivity contribution in [2.75, 3.05) is 26.2 Å². The number of sulfonamides is 1. The normalized spacial score (nSPS) is 15.7. The molecule has 0 N–H and O–H groups in total. The molecule has 1 aliphatic rings. The van der Waals surface area contributed by atoms with Crippen LogP contribution in [0.4, 0.5) is 4.39 Å². The van der Waals surface area contributed by atoms with Crippen LogP contribution in [0.25, 0.3) is 0 Å². The van der Waals surface area contributed by atoms with Gasteiger partial charge >= 0.3 is 0 Å². The molecular weight excluding hydrogens is 391 g/mol. The average molecular weight is 411 g/mol. The van der Waals surface area contributed by atoms with Crippen LogP contribution in [0.3, 0.4) is 0 Å². The second kappa shape index (κ2) is 8.37. The molecule has 2 aromatic carbocycles. The zero-order valence-corrected chi connectivity index (χ0v) is 16.2. The Labute approximate surface area is 163 Å². The van der Waals surface area contributed by atoms with Gasteiger partial charge in [0.1, 0.15) is 5.82 Å². The highest BCUT2D eigenvalue weighted by molar-refractivity contribution is 7.89. The maximum atomic E-state index is 13.3. The van der Waals surface area contributed by atoms with Gasteiger partial charge in [-0.1, -0.05) is 35.9 Å². The lowest BCUT2D eigenvalue weighted by Crippen LogP contribution is -2.50. The Morgan fingerprint density at radius 2 is 1.74 bits per heavy atom. The van der Waals surface area contributed by atoms with Crippen LogP contribution in [0.1, 0.15) is 12.0 Å². The number of nitrogens with zero attached hydrogens (tertiary/aromatic N) is 2. The highest BCUT2D eigenvalue weighted by Gasteiger charge is 2.30. The highest BCUT2D eigenvalue weighted by atomic mass is 35.5. The average Bonchev–Trinajstić information content (AvgIpc) is 2.67. The standard InChI is InChI=1S/C19H20ClFN2O3S/c20-18-7-2-1-4-15(18)8-9-19(24)22-10-12-23(13-11-22)27(25,26)17-6-3-5-16(21)14-17/h1-7,14H,8-13H2. The first-order valence-electron chi connectivity index (χ1n) is 8.65. The number of benzene rings is 2. The summed E-state index contributed by atoms with van der Waals surface area (Å²) in [6.07, 6.45) is 0.862. The van der Waals surface area contributed by atoms with E-state index < -0.39 is 15.8 Å². The van der Waals surface area contributed by atoms with Gasteiger partial charge in [0.2, 0.25) is 15.9 Å². The fourth-order valence-corrected chi connectivity index (χ4v) is 4.74. The summed E-state index contributed by atoms with van der Waals surface area (Å²) in [6, 6.07) is 12.4. The molecule has 1 amide bonds. The number of hydrogen-bond acceptors (Lipinski definition) is 3. The Morgan fingerprint density at radius 1 is 1.04 bits per heavy atom. The zero-order chi connectivity index (χ0) is 19.4. The number of hydrogen-bond donors (Lipinski definition) is 0. The minimum absolute atomic E-state index is 0.0299. The van der Waals surface area contributed by atoms with Crippen LogP contribution < -0.4 is 0 Å². The molecule has 0 spiro atoms. The molecule has 0 radical (unpaired) electrons. The number of aryl methyl sites for hydroxylation is 1. The molecule has 0 unspecified atom stereocenters. The molecule has 0 atom stereocenters. The molecule has 1 aliphatic heterocycles. The number of amides is 1. The lowest BCUT2D eigenvalue weighted by atomic mass is 10.1. The van der Waals surface area contributed by atoms with Crippen LogP contribution in [-0.2, 0) is 21.2 Å². The summed E-state index contributed by atoms with van der Waals surface area (Å²) in [6.45, 7) is 1.01. The lowest BCUT2D eigenvalue weighted by molar-refractivity contribution is -0.132. The summed E-state index contributed by atoms with van der Waals surface area (Å²) < 4.78 is 39.8. The van der Waals surface area contributed by atoms with Crippen LogP contribution in [0.2, 0.25) is 5.02 Å². The first-order chi connectivity index (χ1) is 12.9. The van der Waals surface area contributed by atoms with Crippen molar-refractivity contribution in [1.29, 1.82) is 0 Å². The van der Waals surface area contributed by atoms with E-state index in [1.807, 2.05) is 18.2 Å². The van der Waals surface area contributed by atoms with Crippen LogP contribution in [0, 0.1) is 5.82 Å². The van der Waals surface area contributed by atoms with Crippen molar-refractivity contribution in [3.05, 3.63) is 64.9 Å². The molecule has 0 saturated carbocycles. The molecule has 0 aliphatic carbocycles. The summed E-state index contributed by atoms with van der Waals surface area (Å²) >= 11 is 6.11. The molecule has 3 rings (SSSR count). The predicted octanol–water partition coefficient (Wildman–Crippen LogP) is 2.94. The van der Waals surface area contributed by atoms with Gasteiger partial charge in [-0.2, -0.15) is 4.31 Å². The van der Waals surface area contributed by atoms with Gasteiger partial charge in [0.25, 0.3) is 0 Å². The monoisotopic (exact) mass is 410 g/mol. The Morgan fingerprint density at radius 3 is 2.41 bits per heavy atom. The van der Waals surface area contributed by atoms with Crippen molar-refractivity contribution in [2.24, 2.45) is 0 Å². The van der Waals surface area contributed by atoms with Gasteiger partial charge < -0.3 is 4.90 Å². The molecule has 2 aromatic rings. The van der Waals surface area contributed by atoms with Crippen molar-refractivity contribution in [3.8, 4) is 0 Å². The van der Waals surface area contributed by atoms with Crippen LogP contribution in [0.5, 0.6) is 0 Å². The first-order valence-corrected chi connectivity index (χ1v) is 10.5. The van der Waals surface area contributed by atoms with Gasteiger partial charge in [-0.15, -0.1) is 0 Å². The molecule has 1 fully saturated rings. The predicted molar refractivity (Wildman–Crippen MR) is 102 cm³/mol. The number of carbonyl (C=O) groups is 1. The van der Waals surface area contributed by atoms with Crippen LogP contribution in [0.15, 0.2) is 53.4 Å². The Hall–Kier alpha value is -1.96. The third-order valence-corrected chi connectivity index (χ3v) is 6.85. The first kappa shape index (κ1) is 19.8. The molecule has 8 heteroatoms. The second-order valence-electron chi connectivity index (χ2n) is 6.33. The molecule has 0 bridgehead atoms. The summed E-state index contributed by atoms with van der Waals surface area (Å²) in [5.41, 5.74) is 0.917. The van der Waals surface area contributed by atoms with Gasteiger partial charge in [0, 0.05) is 37.6 Å². The van der Waals surface area contributed by atoms with Gasteiger partial charge in [-0.05, 0) is 36.2 Å². The maximum Gasteiger partial charge on any atom is 0.243 e. The number of rotatable bonds is 5. The number of carbonyl (C=O) groups excluding carboxylic acids is 1. The Kier molecular flexibility index (Phi) is 6.14. The largest absolute Gasteiger partial charge is 0.340 e. The van der Waals surface area contributed by atoms with Gasteiger partial charge in [0.15, 0.2) is 0 Å². The van der Waals surface area contributed by atoms with Gasteiger partial charge in [-0.3, -0.25) is 4.79 Å². The SMILES string of the molecule is O=C(CCc1ccccc1Cl)N1CCN(S(=O)(=O)c2cccc(F)c2)CC1. The van der Waals surface area contributed by atoms with Gasteiger partial charge in [-0.25, -0.2) is 12.8 Å². The minimum Gasteiger partial charge on any atom is -0.340 e. The van der Waals surface area contributed by atoms with Crippen LogP contribution >= 0.6 is 11.6 Å². The van der Waals surface area contributed by atoms with Gasteiger partial charge in [0.05, 0.1) is 4.90 Å². The second-order valence-corrected chi connectivity index (χ2v) is 8.68. The van der Waals surface area contributed by atoms with E-state index in [-0.39, 0.29) is 23.9 Å². The van der Waals surface area contributed by atoms with E-state index in [4.69, 9.17) is 11.6 Å². The molecule has 144 valence electrons. The fraction of sp³-hybridized carbons (Fsp3) is 0.316. The Balaban J connectivity index is 1.57. The molecule has 1 saturated heterocycles. The van der Waals surface area contributed by atoms with E-state index in [2.05, 4.69) is 0 Å². The van der Waals surface area contributed by atoms with Crippen molar-refractivity contribution < 1.29 is 17.6 Å². The van der Waals surface area contributed by atoms with E-state index in [1.165, 1.54) is 22.5 Å². The zero-order valence-electron chi connectivity index (χ0n) is 14.6. The third-order valence-electron chi connectivity index (χ3n) is 4.59. The number of piperazine rings is 1. The van der Waals surface area contributed by atoms with Crippen molar-refractivity contribution >= 4 is 27.5 Å². The lowest BCUT2D eigenvalue weighted by Gasteiger charge is -2.34. The van der Waals surface area contributed by atoms with Crippen LogP contribution in [-0.4, -0.2) is 49.7 Å². The number of halogens is 2. The summed E-state index contributed by atoms with van der Waals surface area (Å²) in [5, 5.41) is 0.635. The maximum absolute atomic E-state index is 13.3. The molecule has 5 nitrogen and oxygen atoms in total. The summed E-state index contributed by atoms with van der Waals surface area (Å²) in [4.78, 5) is 14.0. The highest BCUT2D eigenvalue weighted by Crippen LogP contribution is 2.20. The van der Waals surface area contributed by atoms with E-state index in [0.29, 0.717) is 31.0 Å². The van der Waals surface area contributed by atoms with E-state index >= 15 is 0 Å². The summed E-state index contributed by atoms with van der Waals surface area (Å²) in [7, 11) is -3.76. The van der Waals surface area contributed by atoms with E-state index in [0.717, 1.165) is 11.6 Å². The molecule has 0 aromatic heterocycles. The molecular formula is C19H20ClFN2O3S. The van der Waals surface area contributed by atoms with Crippen molar-refractivity contribution in [3.63, 3.8) is 0 Å². The third kappa shape index (κ3) is 4.66. The minimum atomic E-state index is -3.76. The smallest absolute Gasteiger partial charge is 0.243 e.